The van der Waals surface area contributed by atoms with Crippen LogP contribution in [0.3, 0.4) is 0 Å². The Hall–Kier alpha value is -1.06. The van der Waals surface area contributed by atoms with E-state index in [1.54, 1.807) is 0 Å². The maximum absolute atomic E-state index is 12.7. The van der Waals surface area contributed by atoms with Crippen LogP contribution in [0.2, 0.25) is 0 Å². The fourth-order valence-corrected chi connectivity index (χ4v) is 3.62. The lowest BCUT2D eigenvalue weighted by Crippen LogP contribution is -2.42. The third-order valence-corrected chi connectivity index (χ3v) is 5.27. The van der Waals surface area contributed by atoms with E-state index in [0.29, 0.717) is 24.8 Å². The van der Waals surface area contributed by atoms with Crippen molar-refractivity contribution in [3.05, 3.63) is 0 Å². The maximum atomic E-state index is 12.7. The van der Waals surface area contributed by atoms with Crippen molar-refractivity contribution in [3.8, 4) is 0 Å². The average molecular weight is 281 g/mol. The fraction of sp³-hybridized carbons (Fsp3) is 0.875. The van der Waals surface area contributed by atoms with Crippen LogP contribution in [0.1, 0.15) is 52.4 Å². The van der Waals surface area contributed by atoms with Crippen LogP contribution in [-0.4, -0.2) is 35.0 Å². The van der Waals surface area contributed by atoms with E-state index >= 15 is 0 Å². The molecule has 0 aromatic carbocycles. The molecule has 2 fully saturated rings. The maximum Gasteiger partial charge on any atom is 0.307 e. The first-order chi connectivity index (χ1) is 9.56. The van der Waals surface area contributed by atoms with Crippen LogP contribution in [-0.2, 0) is 9.59 Å². The highest BCUT2D eigenvalue weighted by Crippen LogP contribution is 2.39. The number of rotatable bonds is 6. The number of carboxylic acid groups (broad SMARTS) is 1. The Labute approximate surface area is 121 Å². The molecular formula is C16H27NO3. The van der Waals surface area contributed by atoms with E-state index in [1.165, 1.54) is 19.3 Å². The van der Waals surface area contributed by atoms with E-state index in [0.717, 1.165) is 19.4 Å². The lowest BCUT2D eigenvalue weighted by Gasteiger charge is -2.33. The predicted molar refractivity (Wildman–Crippen MR) is 77.2 cm³/mol. The number of carboxylic acids is 1. The minimum absolute atomic E-state index is 0.0859. The number of amides is 1. The predicted octanol–water partition coefficient (Wildman–Crippen LogP) is 2.77. The first kappa shape index (κ1) is 15.3. The minimum Gasteiger partial charge on any atom is -0.481 e. The number of hydrogen-bond donors (Lipinski definition) is 1. The van der Waals surface area contributed by atoms with Crippen LogP contribution in [0, 0.1) is 23.7 Å². The lowest BCUT2D eigenvalue weighted by atomic mass is 9.84. The Morgan fingerprint density at radius 2 is 1.75 bits per heavy atom. The fourth-order valence-electron chi connectivity index (χ4n) is 3.62. The molecule has 0 bridgehead atoms. The smallest absolute Gasteiger partial charge is 0.307 e. The highest BCUT2D eigenvalue weighted by Gasteiger charge is 2.43. The van der Waals surface area contributed by atoms with Crippen molar-refractivity contribution in [2.45, 2.75) is 52.4 Å². The highest BCUT2D eigenvalue weighted by atomic mass is 16.4. The first-order valence-electron chi connectivity index (χ1n) is 8.08. The molecular weight excluding hydrogens is 254 g/mol. The van der Waals surface area contributed by atoms with Crippen molar-refractivity contribution in [1.29, 1.82) is 0 Å². The molecule has 2 rings (SSSR count). The van der Waals surface area contributed by atoms with E-state index in [4.69, 9.17) is 0 Å². The minimum atomic E-state index is -0.793. The van der Waals surface area contributed by atoms with E-state index < -0.39 is 11.9 Å². The van der Waals surface area contributed by atoms with Gasteiger partial charge in [0.25, 0.3) is 0 Å². The summed E-state index contributed by atoms with van der Waals surface area (Å²) < 4.78 is 0. The van der Waals surface area contributed by atoms with Crippen LogP contribution in [0.25, 0.3) is 0 Å². The Balaban J connectivity index is 2.02. The van der Waals surface area contributed by atoms with Gasteiger partial charge >= 0.3 is 5.97 Å². The third-order valence-electron chi connectivity index (χ3n) is 5.27. The second-order valence-corrected chi connectivity index (χ2v) is 6.47. The second kappa shape index (κ2) is 6.59. The van der Waals surface area contributed by atoms with Gasteiger partial charge in [-0.2, -0.15) is 0 Å². The van der Waals surface area contributed by atoms with Gasteiger partial charge in [-0.1, -0.05) is 19.8 Å². The van der Waals surface area contributed by atoms with Crippen molar-refractivity contribution < 1.29 is 14.7 Å². The zero-order valence-corrected chi connectivity index (χ0v) is 12.7. The summed E-state index contributed by atoms with van der Waals surface area (Å²) in [6, 6.07) is 0. The molecule has 0 aromatic rings. The van der Waals surface area contributed by atoms with Crippen molar-refractivity contribution in [1.82, 2.24) is 4.90 Å². The molecule has 3 atom stereocenters. The zero-order chi connectivity index (χ0) is 14.7. The summed E-state index contributed by atoms with van der Waals surface area (Å²) in [5, 5.41) is 9.37. The van der Waals surface area contributed by atoms with Gasteiger partial charge in [-0.15, -0.1) is 0 Å². The number of aliphatic carboxylic acids is 1. The van der Waals surface area contributed by atoms with Crippen LogP contribution in [0.4, 0.5) is 0 Å². The molecule has 3 unspecified atom stereocenters. The van der Waals surface area contributed by atoms with Crippen molar-refractivity contribution in [2.75, 3.05) is 13.1 Å². The molecule has 114 valence electrons. The number of nitrogens with zero attached hydrogens (tertiary/aromatic N) is 1. The molecule has 2 aliphatic carbocycles. The van der Waals surface area contributed by atoms with Crippen LogP contribution in [0.5, 0.6) is 0 Å². The van der Waals surface area contributed by atoms with Gasteiger partial charge in [-0.3, -0.25) is 9.59 Å². The Morgan fingerprint density at radius 1 is 1.10 bits per heavy atom. The van der Waals surface area contributed by atoms with E-state index in [-0.39, 0.29) is 11.8 Å². The summed E-state index contributed by atoms with van der Waals surface area (Å²) in [5.74, 6) is -0.430. The Kier molecular flexibility index (Phi) is 5.06. The molecule has 4 nitrogen and oxygen atoms in total. The molecule has 0 aliphatic heterocycles. The molecule has 1 N–H and O–H groups in total. The molecule has 2 saturated carbocycles. The third kappa shape index (κ3) is 3.15. The number of hydrogen-bond acceptors (Lipinski definition) is 2. The zero-order valence-electron chi connectivity index (χ0n) is 12.7. The van der Waals surface area contributed by atoms with Gasteiger partial charge in [0.2, 0.25) is 5.91 Å². The molecule has 2 aliphatic rings. The topological polar surface area (TPSA) is 57.6 Å². The molecule has 0 saturated heterocycles. The SMILES string of the molecule is CCC1CC(C(=O)O)C(C(=O)N(CC)CC2CCC2)C1. The van der Waals surface area contributed by atoms with Crippen LogP contribution < -0.4 is 0 Å². The number of carbonyl (C=O) groups is 2. The van der Waals surface area contributed by atoms with Gasteiger partial charge in [-0.25, -0.2) is 0 Å². The monoisotopic (exact) mass is 281 g/mol. The molecule has 1 amide bonds. The van der Waals surface area contributed by atoms with Gasteiger partial charge in [0.1, 0.15) is 0 Å². The van der Waals surface area contributed by atoms with Crippen molar-refractivity contribution in [2.24, 2.45) is 23.7 Å². The molecule has 4 heteroatoms. The quantitative estimate of drug-likeness (QED) is 0.814. The summed E-state index contributed by atoms with van der Waals surface area (Å²) >= 11 is 0. The molecule has 20 heavy (non-hydrogen) atoms. The second-order valence-electron chi connectivity index (χ2n) is 6.47. The standard InChI is InChI=1S/C16H27NO3/c1-3-11-8-13(14(9-11)16(19)20)15(18)17(4-2)10-12-6-5-7-12/h11-14H,3-10H2,1-2H3,(H,19,20). The van der Waals surface area contributed by atoms with E-state index in [9.17, 15) is 14.7 Å². The molecule has 0 spiro atoms. The van der Waals surface area contributed by atoms with Crippen molar-refractivity contribution in [3.63, 3.8) is 0 Å². The average Bonchev–Trinajstić information content (AvgIpc) is 2.81. The largest absolute Gasteiger partial charge is 0.481 e. The van der Waals surface area contributed by atoms with Gasteiger partial charge in [0.05, 0.1) is 11.8 Å². The summed E-state index contributed by atoms with van der Waals surface area (Å²) in [7, 11) is 0. The molecule has 0 radical (unpaired) electrons. The Bertz CT molecular complexity index is 365. The molecule has 0 aromatic heterocycles. The summed E-state index contributed by atoms with van der Waals surface area (Å²) in [5.41, 5.74) is 0. The van der Waals surface area contributed by atoms with E-state index in [1.807, 2.05) is 11.8 Å². The van der Waals surface area contributed by atoms with Crippen molar-refractivity contribution >= 4 is 11.9 Å². The molecule has 0 heterocycles. The van der Waals surface area contributed by atoms with Gasteiger partial charge < -0.3 is 10.0 Å². The summed E-state index contributed by atoms with van der Waals surface area (Å²) in [4.78, 5) is 26.0. The van der Waals surface area contributed by atoms with E-state index in [2.05, 4.69) is 6.92 Å². The Morgan fingerprint density at radius 3 is 2.20 bits per heavy atom. The van der Waals surface area contributed by atoms with Gasteiger partial charge in [-0.05, 0) is 44.4 Å². The summed E-state index contributed by atoms with van der Waals surface area (Å²) in [6.07, 6.45) is 6.11. The normalized spacial score (nSPS) is 30.0. The highest BCUT2D eigenvalue weighted by molar-refractivity contribution is 5.85. The van der Waals surface area contributed by atoms with Gasteiger partial charge in [0, 0.05) is 13.1 Å². The van der Waals surface area contributed by atoms with Crippen LogP contribution >= 0.6 is 0 Å². The van der Waals surface area contributed by atoms with Gasteiger partial charge in [0.15, 0.2) is 0 Å². The first-order valence-corrected chi connectivity index (χ1v) is 8.08. The lowest BCUT2D eigenvalue weighted by molar-refractivity contribution is -0.149. The summed E-state index contributed by atoms with van der Waals surface area (Å²) in [6.45, 7) is 5.62. The number of carbonyl (C=O) groups excluding carboxylic acids is 1. The van der Waals surface area contributed by atoms with Crippen LogP contribution in [0.15, 0.2) is 0 Å².